The van der Waals surface area contributed by atoms with Gasteiger partial charge in [-0.3, -0.25) is 10.1 Å². The highest BCUT2D eigenvalue weighted by molar-refractivity contribution is 5.60. The maximum Gasteiger partial charge on any atom is 0.270 e. The molecule has 0 unspecified atom stereocenters. The fourth-order valence-electron chi connectivity index (χ4n) is 1.44. The first-order valence-electron chi connectivity index (χ1n) is 3.99. The topological polar surface area (TPSA) is 55.2 Å². The first-order valence-corrected chi connectivity index (χ1v) is 3.99. The Labute approximate surface area is 76.7 Å². The van der Waals surface area contributed by atoms with Crippen molar-refractivity contribution in [2.24, 2.45) is 0 Å². The van der Waals surface area contributed by atoms with Gasteiger partial charge in [0.1, 0.15) is 0 Å². The van der Waals surface area contributed by atoms with Crippen molar-refractivity contribution in [1.29, 1.82) is 0 Å². The van der Waals surface area contributed by atoms with Crippen LogP contribution < -0.4 is 5.32 Å². The number of hydrogen-bond donors (Lipinski definition) is 1. The Kier molecular flexibility index (Phi) is 2.51. The standard InChI is InChI=1S/C9H12N2O2/c1-6-4-8(11(12)13)5-7(2)9(6)10-3/h4-5,10H,1-3H3. The van der Waals surface area contributed by atoms with Crippen molar-refractivity contribution in [2.45, 2.75) is 13.8 Å². The van der Waals surface area contributed by atoms with Crippen molar-refractivity contribution in [2.75, 3.05) is 12.4 Å². The van der Waals surface area contributed by atoms with Crippen LogP contribution in [0.3, 0.4) is 0 Å². The zero-order chi connectivity index (χ0) is 10.0. The van der Waals surface area contributed by atoms with Crippen molar-refractivity contribution >= 4 is 11.4 Å². The smallest absolute Gasteiger partial charge is 0.270 e. The summed E-state index contributed by atoms with van der Waals surface area (Å²) in [6.07, 6.45) is 0. The molecule has 0 saturated carbocycles. The van der Waals surface area contributed by atoms with Crippen molar-refractivity contribution in [3.8, 4) is 0 Å². The highest BCUT2D eigenvalue weighted by Gasteiger charge is 2.10. The number of nitro groups is 1. The van der Waals surface area contributed by atoms with Crippen LogP contribution in [0.5, 0.6) is 0 Å². The molecule has 0 atom stereocenters. The predicted octanol–water partition coefficient (Wildman–Crippen LogP) is 2.25. The zero-order valence-electron chi connectivity index (χ0n) is 7.92. The first-order chi connectivity index (χ1) is 6.06. The normalized spacial score (nSPS) is 9.77. The third-order valence-electron chi connectivity index (χ3n) is 1.98. The van der Waals surface area contributed by atoms with Crippen LogP contribution >= 0.6 is 0 Å². The van der Waals surface area contributed by atoms with Gasteiger partial charge in [0, 0.05) is 24.9 Å². The number of non-ortho nitro benzene ring substituents is 1. The van der Waals surface area contributed by atoms with E-state index < -0.39 is 0 Å². The number of benzene rings is 1. The molecule has 70 valence electrons. The van der Waals surface area contributed by atoms with E-state index >= 15 is 0 Å². The molecule has 0 spiro atoms. The van der Waals surface area contributed by atoms with E-state index in [1.807, 2.05) is 13.8 Å². The maximum atomic E-state index is 10.5. The second-order valence-corrected chi connectivity index (χ2v) is 2.96. The molecule has 1 N–H and O–H groups in total. The lowest BCUT2D eigenvalue weighted by atomic mass is 10.1. The molecule has 0 aliphatic rings. The minimum Gasteiger partial charge on any atom is -0.388 e. The van der Waals surface area contributed by atoms with Gasteiger partial charge in [0.25, 0.3) is 5.69 Å². The number of nitrogens with one attached hydrogen (secondary N) is 1. The van der Waals surface area contributed by atoms with Gasteiger partial charge in [-0.2, -0.15) is 0 Å². The molecule has 0 bridgehead atoms. The van der Waals surface area contributed by atoms with Gasteiger partial charge >= 0.3 is 0 Å². The summed E-state index contributed by atoms with van der Waals surface area (Å²) in [7, 11) is 1.81. The number of nitrogens with zero attached hydrogens (tertiary/aromatic N) is 1. The molecule has 0 radical (unpaired) electrons. The van der Waals surface area contributed by atoms with Crippen molar-refractivity contribution < 1.29 is 4.92 Å². The number of nitro benzene ring substituents is 1. The third kappa shape index (κ3) is 1.77. The van der Waals surface area contributed by atoms with Crippen molar-refractivity contribution in [3.63, 3.8) is 0 Å². The molecule has 0 aliphatic carbocycles. The van der Waals surface area contributed by atoms with Crippen LogP contribution in [-0.2, 0) is 0 Å². The fraction of sp³-hybridized carbons (Fsp3) is 0.333. The van der Waals surface area contributed by atoms with Crippen LogP contribution in [0.1, 0.15) is 11.1 Å². The van der Waals surface area contributed by atoms with Gasteiger partial charge in [0.05, 0.1) is 4.92 Å². The number of anilines is 1. The monoisotopic (exact) mass is 180 g/mol. The van der Waals surface area contributed by atoms with Crippen LogP contribution in [0, 0.1) is 24.0 Å². The largest absolute Gasteiger partial charge is 0.388 e. The number of rotatable bonds is 2. The van der Waals surface area contributed by atoms with Crippen LogP contribution in [-0.4, -0.2) is 12.0 Å². The molecule has 1 aromatic rings. The summed E-state index contributed by atoms with van der Waals surface area (Å²) >= 11 is 0. The van der Waals surface area contributed by atoms with E-state index in [0.717, 1.165) is 16.8 Å². The lowest BCUT2D eigenvalue weighted by molar-refractivity contribution is -0.384. The van der Waals surface area contributed by atoms with E-state index in [1.165, 1.54) is 0 Å². The molecule has 13 heavy (non-hydrogen) atoms. The van der Waals surface area contributed by atoms with E-state index in [2.05, 4.69) is 5.32 Å². The minimum atomic E-state index is -0.376. The molecular formula is C9H12N2O2. The van der Waals surface area contributed by atoms with Gasteiger partial charge in [-0.05, 0) is 25.0 Å². The highest BCUT2D eigenvalue weighted by Crippen LogP contribution is 2.25. The molecule has 0 heterocycles. The zero-order valence-corrected chi connectivity index (χ0v) is 7.92. The second-order valence-electron chi connectivity index (χ2n) is 2.96. The molecule has 0 fully saturated rings. The van der Waals surface area contributed by atoms with E-state index in [1.54, 1.807) is 19.2 Å². The summed E-state index contributed by atoms with van der Waals surface area (Å²) in [5.74, 6) is 0. The van der Waals surface area contributed by atoms with Gasteiger partial charge in [-0.25, -0.2) is 0 Å². The fourth-order valence-corrected chi connectivity index (χ4v) is 1.44. The van der Waals surface area contributed by atoms with Crippen LogP contribution in [0.25, 0.3) is 0 Å². The Morgan fingerprint density at radius 2 is 1.77 bits per heavy atom. The summed E-state index contributed by atoms with van der Waals surface area (Å²) in [5, 5.41) is 13.5. The summed E-state index contributed by atoms with van der Waals surface area (Å²) in [4.78, 5) is 10.1. The first kappa shape index (κ1) is 9.51. The van der Waals surface area contributed by atoms with E-state index in [9.17, 15) is 10.1 Å². The summed E-state index contributed by atoms with van der Waals surface area (Å²) in [5.41, 5.74) is 2.91. The molecule has 1 aromatic carbocycles. The molecule has 4 nitrogen and oxygen atoms in total. The molecule has 4 heteroatoms. The Morgan fingerprint density at radius 3 is 2.08 bits per heavy atom. The molecular weight excluding hydrogens is 168 g/mol. The number of hydrogen-bond acceptors (Lipinski definition) is 3. The van der Waals surface area contributed by atoms with Gasteiger partial charge in [0.2, 0.25) is 0 Å². The molecule has 0 aliphatic heterocycles. The lowest BCUT2D eigenvalue weighted by Gasteiger charge is -2.08. The molecule has 1 rings (SSSR count). The van der Waals surface area contributed by atoms with E-state index in [4.69, 9.17) is 0 Å². The average molecular weight is 180 g/mol. The van der Waals surface area contributed by atoms with Gasteiger partial charge in [-0.1, -0.05) is 0 Å². The molecule has 0 aromatic heterocycles. The van der Waals surface area contributed by atoms with Gasteiger partial charge < -0.3 is 5.32 Å². The molecule has 0 saturated heterocycles. The Morgan fingerprint density at radius 1 is 1.31 bits per heavy atom. The van der Waals surface area contributed by atoms with Crippen molar-refractivity contribution in [1.82, 2.24) is 0 Å². The van der Waals surface area contributed by atoms with E-state index in [-0.39, 0.29) is 10.6 Å². The SMILES string of the molecule is CNc1c(C)cc([N+](=O)[O-])cc1C. The Hall–Kier alpha value is -1.58. The van der Waals surface area contributed by atoms with Crippen LogP contribution in [0.15, 0.2) is 12.1 Å². The minimum absolute atomic E-state index is 0.147. The Bertz CT molecular complexity index is 324. The number of aryl methyl sites for hydroxylation is 2. The summed E-state index contributed by atoms with van der Waals surface area (Å²) in [6.45, 7) is 3.71. The lowest BCUT2D eigenvalue weighted by Crippen LogP contribution is -1.97. The van der Waals surface area contributed by atoms with Crippen LogP contribution in [0.4, 0.5) is 11.4 Å². The quantitative estimate of drug-likeness (QED) is 0.561. The summed E-state index contributed by atoms with van der Waals surface area (Å²) < 4.78 is 0. The Balaban J connectivity index is 3.28. The maximum absolute atomic E-state index is 10.5. The molecule has 0 amide bonds. The predicted molar refractivity (Wildman–Crippen MR) is 52.1 cm³/mol. The van der Waals surface area contributed by atoms with Gasteiger partial charge in [-0.15, -0.1) is 0 Å². The average Bonchev–Trinajstić information content (AvgIpc) is 2.03. The third-order valence-corrected chi connectivity index (χ3v) is 1.98. The van der Waals surface area contributed by atoms with Crippen molar-refractivity contribution in [3.05, 3.63) is 33.4 Å². The van der Waals surface area contributed by atoms with E-state index in [0.29, 0.717) is 0 Å². The second kappa shape index (κ2) is 3.43. The highest BCUT2D eigenvalue weighted by atomic mass is 16.6. The van der Waals surface area contributed by atoms with Gasteiger partial charge in [0.15, 0.2) is 0 Å². The summed E-state index contributed by atoms with van der Waals surface area (Å²) in [6, 6.07) is 3.14. The van der Waals surface area contributed by atoms with Crippen LogP contribution in [0.2, 0.25) is 0 Å².